The number of carbonyl (C=O) groups excluding carboxylic acids is 1. The van der Waals surface area contributed by atoms with Gasteiger partial charge in [-0.05, 0) is 36.4 Å². The molecule has 0 aliphatic heterocycles. The fourth-order valence-corrected chi connectivity index (χ4v) is 4.04. The number of ketones is 1. The van der Waals surface area contributed by atoms with Crippen LogP contribution in [0.5, 0.6) is 0 Å². The average Bonchev–Trinajstić information content (AvgIpc) is 2.48. The minimum absolute atomic E-state index is 0.140. The predicted molar refractivity (Wildman–Crippen MR) is 86.7 cm³/mol. The Morgan fingerprint density at radius 3 is 2.19 bits per heavy atom. The Kier molecular flexibility index (Phi) is 5.19. The zero-order valence-corrected chi connectivity index (χ0v) is 14.0. The smallest absolute Gasteiger partial charge is 0.191 e. The molecule has 0 saturated carbocycles. The van der Waals surface area contributed by atoms with E-state index in [2.05, 4.69) is 15.9 Å². The Morgan fingerprint density at radius 2 is 1.62 bits per heavy atom. The Bertz CT molecular complexity index is 727. The summed E-state index contributed by atoms with van der Waals surface area (Å²) in [7, 11) is -3.58. The molecule has 0 heterocycles. The minimum atomic E-state index is -3.58. The van der Waals surface area contributed by atoms with Crippen molar-refractivity contribution in [2.75, 3.05) is 0 Å². The van der Waals surface area contributed by atoms with Gasteiger partial charge >= 0.3 is 0 Å². The normalized spacial score (nSPS) is 12.9. The molecule has 2 aromatic carbocycles. The molecule has 0 amide bonds. The molecule has 0 aliphatic rings. The molecule has 0 unspecified atom stereocenters. The number of alkyl halides is 1. The van der Waals surface area contributed by atoms with Crippen molar-refractivity contribution in [1.29, 1.82) is 0 Å². The van der Waals surface area contributed by atoms with Gasteiger partial charge in [0.1, 0.15) is 4.16 Å². The van der Waals surface area contributed by atoms with Gasteiger partial charge in [0, 0.05) is 17.0 Å². The Balaban J connectivity index is 2.16. The number of rotatable bonds is 5. The molecule has 1 atom stereocenters. The van der Waals surface area contributed by atoms with Gasteiger partial charge in [-0.2, -0.15) is 0 Å². The molecule has 0 aromatic heterocycles. The first-order valence-corrected chi connectivity index (χ1v) is 8.97. The number of hydrogen-bond donors (Lipinski definition) is 0. The highest BCUT2D eigenvalue weighted by Crippen LogP contribution is 2.24. The van der Waals surface area contributed by atoms with Crippen molar-refractivity contribution in [1.82, 2.24) is 0 Å². The molecule has 2 aromatic rings. The first-order valence-electron chi connectivity index (χ1n) is 6.13. The lowest BCUT2D eigenvalue weighted by Gasteiger charge is -2.11. The van der Waals surface area contributed by atoms with E-state index in [9.17, 15) is 13.2 Å². The fourth-order valence-electron chi connectivity index (χ4n) is 1.77. The quantitative estimate of drug-likeness (QED) is 0.573. The van der Waals surface area contributed by atoms with Crippen LogP contribution in [0.1, 0.15) is 16.8 Å². The SMILES string of the molecule is O=C(C[C@@H](Br)S(=O)(=O)c1ccccc1)c1ccc(Cl)cc1. The summed E-state index contributed by atoms with van der Waals surface area (Å²) < 4.78 is 23.7. The van der Waals surface area contributed by atoms with E-state index >= 15 is 0 Å². The first-order chi connectivity index (χ1) is 9.91. The Hall–Kier alpha value is -1.17. The van der Waals surface area contributed by atoms with Gasteiger partial charge in [0.15, 0.2) is 15.6 Å². The minimum Gasteiger partial charge on any atom is -0.294 e. The zero-order chi connectivity index (χ0) is 15.5. The van der Waals surface area contributed by atoms with E-state index in [0.29, 0.717) is 10.6 Å². The van der Waals surface area contributed by atoms with Crippen molar-refractivity contribution >= 4 is 43.2 Å². The Morgan fingerprint density at radius 1 is 1.05 bits per heavy atom. The number of sulfone groups is 1. The summed E-state index contributed by atoms with van der Waals surface area (Å²) in [6.07, 6.45) is -0.140. The third-order valence-electron chi connectivity index (χ3n) is 2.92. The van der Waals surface area contributed by atoms with Crippen LogP contribution < -0.4 is 0 Å². The van der Waals surface area contributed by atoms with Crippen LogP contribution in [0.25, 0.3) is 0 Å². The van der Waals surface area contributed by atoms with Crippen molar-refractivity contribution in [2.24, 2.45) is 0 Å². The first kappa shape index (κ1) is 16.2. The van der Waals surface area contributed by atoms with Gasteiger partial charge in [-0.25, -0.2) is 8.42 Å². The van der Waals surface area contributed by atoms with E-state index < -0.39 is 14.0 Å². The van der Waals surface area contributed by atoms with Gasteiger partial charge in [0.05, 0.1) is 4.90 Å². The summed E-state index contributed by atoms with van der Waals surface area (Å²) in [5.74, 6) is -0.256. The third kappa shape index (κ3) is 3.93. The van der Waals surface area contributed by atoms with Crippen LogP contribution in [-0.2, 0) is 9.84 Å². The molecule has 2 rings (SSSR count). The molecule has 0 spiro atoms. The molecule has 110 valence electrons. The number of carbonyl (C=O) groups is 1. The van der Waals surface area contributed by atoms with Crippen LogP contribution in [0.15, 0.2) is 59.5 Å². The van der Waals surface area contributed by atoms with E-state index in [-0.39, 0.29) is 17.1 Å². The van der Waals surface area contributed by atoms with E-state index in [1.807, 2.05) is 0 Å². The molecule has 0 N–H and O–H groups in total. The highest BCUT2D eigenvalue weighted by Gasteiger charge is 2.27. The summed E-state index contributed by atoms with van der Waals surface area (Å²) in [6.45, 7) is 0. The number of hydrogen-bond acceptors (Lipinski definition) is 3. The number of benzene rings is 2. The van der Waals surface area contributed by atoms with Crippen LogP contribution in [0.2, 0.25) is 5.02 Å². The Labute approximate surface area is 137 Å². The molecule has 0 bridgehead atoms. The highest BCUT2D eigenvalue weighted by atomic mass is 79.9. The second kappa shape index (κ2) is 6.73. The molecule has 3 nitrogen and oxygen atoms in total. The summed E-state index contributed by atoms with van der Waals surface area (Å²) in [6, 6.07) is 14.4. The molecular formula is C15H12BrClO3S. The molecule has 0 saturated heterocycles. The monoisotopic (exact) mass is 386 g/mol. The zero-order valence-electron chi connectivity index (χ0n) is 10.9. The van der Waals surface area contributed by atoms with Crippen molar-refractivity contribution in [3.8, 4) is 0 Å². The van der Waals surface area contributed by atoms with Crippen LogP contribution in [-0.4, -0.2) is 18.4 Å². The van der Waals surface area contributed by atoms with Gasteiger partial charge in [-0.1, -0.05) is 45.7 Å². The van der Waals surface area contributed by atoms with Crippen molar-refractivity contribution in [3.05, 3.63) is 65.2 Å². The maximum Gasteiger partial charge on any atom is 0.191 e. The van der Waals surface area contributed by atoms with Gasteiger partial charge in [0.25, 0.3) is 0 Å². The summed E-state index contributed by atoms with van der Waals surface area (Å²) >= 11 is 8.87. The molecular weight excluding hydrogens is 376 g/mol. The van der Waals surface area contributed by atoms with Crippen molar-refractivity contribution < 1.29 is 13.2 Å². The molecule has 6 heteroatoms. The van der Waals surface area contributed by atoms with Crippen LogP contribution >= 0.6 is 27.5 Å². The molecule has 0 fully saturated rings. The molecule has 0 aliphatic carbocycles. The fraction of sp³-hybridized carbons (Fsp3) is 0.133. The van der Waals surface area contributed by atoms with Gasteiger partial charge in [-0.3, -0.25) is 4.79 Å². The number of halogens is 2. The van der Waals surface area contributed by atoms with Crippen LogP contribution in [0.3, 0.4) is 0 Å². The van der Waals surface area contributed by atoms with Crippen LogP contribution in [0, 0.1) is 0 Å². The second-order valence-electron chi connectivity index (χ2n) is 4.40. The number of Topliss-reactive ketones (excluding diaryl/α,β-unsaturated/α-hetero) is 1. The maximum atomic E-state index is 12.3. The summed E-state index contributed by atoms with van der Waals surface area (Å²) in [4.78, 5) is 12.3. The summed E-state index contributed by atoms with van der Waals surface area (Å²) in [5.41, 5.74) is 0.437. The predicted octanol–water partition coefficient (Wildman–Crippen LogP) is 4.11. The lowest BCUT2D eigenvalue weighted by atomic mass is 10.1. The van der Waals surface area contributed by atoms with Gasteiger partial charge in [0.2, 0.25) is 0 Å². The van der Waals surface area contributed by atoms with Crippen molar-refractivity contribution in [2.45, 2.75) is 15.5 Å². The highest BCUT2D eigenvalue weighted by molar-refractivity contribution is 9.11. The van der Waals surface area contributed by atoms with E-state index in [0.717, 1.165) is 0 Å². The van der Waals surface area contributed by atoms with Crippen LogP contribution in [0.4, 0.5) is 0 Å². The lowest BCUT2D eigenvalue weighted by molar-refractivity contribution is 0.0987. The third-order valence-corrected chi connectivity index (χ3v) is 6.74. The van der Waals surface area contributed by atoms with E-state index in [1.54, 1.807) is 42.5 Å². The maximum absolute atomic E-state index is 12.3. The largest absolute Gasteiger partial charge is 0.294 e. The van der Waals surface area contributed by atoms with Crippen molar-refractivity contribution in [3.63, 3.8) is 0 Å². The topological polar surface area (TPSA) is 51.2 Å². The standard InChI is InChI=1S/C15H12BrClO3S/c16-15(21(19,20)13-4-2-1-3-5-13)10-14(18)11-6-8-12(17)9-7-11/h1-9,15H,10H2/t15-/m0/s1. The summed E-state index contributed by atoms with van der Waals surface area (Å²) in [5, 5.41) is 0.527. The lowest BCUT2D eigenvalue weighted by Crippen LogP contribution is -2.19. The van der Waals surface area contributed by atoms with Gasteiger partial charge in [-0.15, -0.1) is 0 Å². The molecule has 0 radical (unpaired) electrons. The van der Waals surface area contributed by atoms with Gasteiger partial charge < -0.3 is 0 Å². The molecule has 21 heavy (non-hydrogen) atoms. The van der Waals surface area contributed by atoms with E-state index in [4.69, 9.17) is 11.6 Å². The second-order valence-corrected chi connectivity index (χ2v) is 8.68. The average molecular weight is 388 g/mol. The van der Waals surface area contributed by atoms with E-state index in [1.165, 1.54) is 12.1 Å².